The molecule has 2 rings (SSSR count). The zero-order valence-electron chi connectivity index (χ0n) is 10.4. The molecular formula is C14H16BrF3O. The predicted molar refractivity (Wildman–Crippen MR) is 71.5 cm³/mol. The van der Waals surface area contributed by atoms with Crippen LogP contribution in [0, 0.1) is 5.92 Å². The van der Waals surface area contributed by atoms with Gasteiger partial charge < -0.3 is 4.74 Å². The second-order valence-corrected chi connectivity index (χ2v) is 6.13. The van der Waals surface area contributed by atoms with Crippen LogP contribution in [-0.4, -0.2) is 11.2 Å². The largest absolute Gasteiger partial charge is 0.573 e. The van der Waals surface area contributed by atoms with Gasteiger partial charge in [-0.3, -0.25) is 0 Å². The van der Waals surface area contributed by atoms with Gasteiger partial charge in [0.2, 0.25) is 0 Å². The number of hydrogen-bond acceptors (Lipinski definition) is 1. The molecular weight excluding hydrogens is 321 g/mol. The third-order valence-corrected chi connectivity index (χ3v) is 4.68. The van der Waals surface area contributed by atoms with Crippen molar-refractivity contribution in [2.24, 2.45) is 5.92 Å². The molecule has 0 aliphatic heterocycles. The highest BCUT2D eigenvalue weighted by Gasteiger charge is 2.31. The van der Waals surface area contributed by atoms with Gasteiger partial charge in [0, 0.05) is 4.83 Å². The van der Waals surface area contributed by atoms with Crippen LogP contribution in [-0.2, 0) is 6.42 Å². The number of alkyl halides is 4. The maximum atomic E-state index is 12.0. The first-order valence-corrected chi connectivity index (χ1v) is 7.34. The summed E-state index contributed by atoms with van der Waals surface area (Å²) in [5.74, 6) is 0.415. The molecule has 2 unspecified atom stereocenters. The minimum Gasteiger partial charge on any atom is -0.406 e. The zero-order chi connectivity index (χ0) is 13.9. The van der Waals surface area contributed by atoms with Gasteiger partial charge in [0.1, 0.15) is 5.75 Å². The van der Waals surface area contributed by atoms with Crippen molar-refractivity contribution in [3.8, 4) is 5.75 Å². The van der Waals surface area contributed by atoms with Crippen molar-refractivity contribution in [2.75, 3.05) is 0 Å². The predicted octanol–water partition coefficient (Wildman–Crippen LogP) is 5.08. The maximum Gasteiger partial charge on any atom is 0.573 e. The van der Waals surface area contributed by atoms with E-state index in [4.69, 9.17) is 0 Å². The van der Waals surface area contributed by atoms with Crippen LogP contribution in [0.2, 0.25) is 0 Å². The molecule has 1 aliphatic carbocycles. The normalized spacial score (nSPS) is 24.2. The Morgan fingerprint density at radius 1 is 1.11 bits per heavy atom. The Morgan fingerprint density at radius 2 is 1.74 bits per heavy atom. The van der Waals surface area contributed by atoms with Gasteiger partial charge in [-0.15, -0.1) is 13.2 Å². The number of ether oxygens (including phenoxy) is 1. The Morgan fingerprint density at radius 3 is 2.32 bits per heavy atom. The average Bonchev–Trinajstić information content (AvgIpc) is 2.33. The first-order chi connectivity index (χ1) is 8.94. The lowest BCUT2D eigenvalue weighted by atomic mass is 9.85. The quantitative estimate of drug-likeness (QED) is 0.699. The minimum atomic E-state index is -4.62. The summed E-state index contributed by atoms with van der Waals surface area (Å²) in [6.45, 7) is 0. The smallest absolute Gasteiger partial charge is 0.406 e. The van der Waals surface area contributed by atoms with E-state index in [1.165, 1.54) is 37.8 Å². The molecule has 5 heteroatoms. The molecule has 1 aliphatic rings. The van der Waals surface area contributed by atoms with Crippen molar-refractivity contribution >= 4 is 15.9 Å². The lowest BCUT2D eigenvalue weighted by Crippen LogP contribution is -2.21. The summed E-state index contributed by atoms with van der Waals surface area (Å²) in [7, 11) is 0. The van der Waals surface area contributed by atoms with Gasteiger partial charge >= 0.3 is 6.36 Å². The Balaban J connectivity index is 1.94. The fourth-order valence-corrected chi connectivity index (χ4v) is 3.30. The zero-order valence-corrected chi connectivity index (χ0v) is 12.0. The van der Waals surface area contributed by atoms with Crippen molar-refractivity contribution in [2.45, 2.75) is 43.3 Å². The standard InChI is InChI=1S/C14H16BrF3O/c15-13-4-2-1-3-11(13)9-10-5-7-12(8-6-10)19-14(16,17)18/h5-8,11,13H,1-4,9H2. The van der Waals surface area contributed by atoms with E-state index >= 15 is 0 Å². The van der Waals surface area contributed by atoms with Crippen LogP contribution >= 0.6 is 15.9 Å². The number of benzene rings is 1. The summed E-state index contributed by atoms with van der Waals surface area (Å²) >= 11 is 3.69. The monoisotopic (exact) mass is 336 g/mol. The van der Waals surface area contributed by atoms with Crippen LogP contribution in [0.3, 0.4) is 0 Å². The number of rotatable bonds is 3. The van der Waals surface area contributed by atoms with E-state index in [9.17, 15) is 13.2 Å². The van der Waals surface area contributed by atoms with E-state index in [1.54, 1.807) is 12.1 Å². The van der Waals surface area contributed by atoms with Crippen LogP contribution in [0.25, 0.3) is 0 Å². The maximum absolute atomic E-state index is 12.0. The van der Waals surface area contributed by atoms with Crippen LogP contribution in [0.5, 0.6) is 5.75 Å². The average molecular weight is 337 g/mol. The van der Waals surface area contributed by atoms with Crippen LogP contribution in [0.15, 0.2) is 24.3 Å². The molecule has 0 saturated heterocycles. The van der Waals surface area contributed by atoms with Crippen LogP contribution in [0.1, 0.15) is 31.2 Å². The molecule has 2 atom stereocenters. The lowest BCUT2D eigenvalue weighted by Gasteiger charge is -2.27. The molecule has 1 saturated carbocycles. The SMILES string of the molecule is FC(F)(F)Oc1ccc(CC2CCCCC2Br)cc1. The number of hydrogen-bond donors (Lipinski definition) is 0. The second-order valence-electron chi connectivity index (χ2n) is 4.96. The minimum absolute atomic E-state index is 0.157. The highest BCUT2D eigenvalue weighted by atomic mass is 79.9. The van der Waals surface area contributed by atoms with E-state index in [0.29, 0.717) is 10.7 Å². The Labute approximate surface area is 119 Å². The Bertz CT molecular complexity index is 402. The number of halogens is 4. The van der Waals surface area contributed by atoms with E-state index in [1.807, 2.05) is 0 Å². The van der Waals surface area contributed by atoms with E-state index in [0.717, 1.165) is 12.0 Å². The Hall–Kier alpha value is -0.710. The third-order valence-electron chi connectivity index (χ3n) is 3.47. The van der Waals surface area contributed by atoms with E-state index < -0.39 is 6.36 Å². The van der Waals surface area contributed by atoms with Gasteiger partial charge in [0.25, 0.3) is 0 Å². The van der Waals surface area contributed by atoms with Gasteiger partial charge in [-0.05, 0) is 42.9 Å². The third kappa shape index (κ3) is 4.71. The topological polar surface area (TPSA) is 9.23 Å². The van der Waals surface area contributed by atoms with Crippen molar-refractivity contribution in [3.05, 3.63) is 29.8 Å². The molecule has 0 bridgehead atoms. The molecule has 0 aromatic heterocycles. The fourth-order valence-electron chi connectivity index (χ4n) is 2.52. The van der Waals surface area contributed by atoms with Crippen molar-refractivity contribution in [1.82, 2.24) is 0 Å². The van der Waals surface area contributed by atoms with Crippen molar-refractivity contribution in [3.63, 3.8) is 0 Å². The van der Waals surface area contributed by atoms with Gasteiger partial charge in [-0.1, -0.05) is 40.9 Å². The summed E-state index contributed by atoms with van der Waals surface area (Å²) in [4.78, 5) is 0.521. The van der Waals surface area contributed by atoms with Gasteiger partial charge in [0.15, 0.2) is 0 Å². The molecule has 0 spiro atoms. The van der Waals surface area contributed by atoms with Crippen molar-refractivity contribution in [1.29, 1.82) is 0 Å². The van der Waals surface area contributed by atoms with Crippen LogP contribution in [0.4, 0.5) is 13.2 Å². The summed E-state index contributed by atoms with van der Waals surface area (Å²) in [6, 6.07) is 6.20. The summed E-state index contributed by atoms with van der Waals surface area (Å²) < 4.78 is 40.0. The Kier molecular flexibility index (Phi) is 4.76. The lowest BCUT2D eigenvalue weighted by molar-refractivity contribution is -0.274. The molecule has 19 heavy (non-hydrogen) atoms. The van der Waals surface area contributed by atoms with Crippen LogP contribution < -0.4 is 4.74 Å². The van der Waals surface area contributed by atoms with Gasteiger partial charge in [-0.2, -0.15) is 0 Å². The molecule has 1 aromatic rings. The molecule has 0 amide bonds. The first kappa shape index (κ1) is 14.7. The van der Waals surface area contributed by atoms with E-state index in [2.05, 4.69) is 20.7 Å². The summed E-state index contributed by atoms with van der Waals surface area (Å²) in [5.41, 5.74) is 1.06. The molecule has 1 fully saturated rings. The molecule has 0 heterocycles. The fraction of sp³-hybridized carbons (Fsp3) is 0.571. The van der Waals surface area contributed by atoms with Gasteiger partial charge in [-0.25, -0.2) is 0 Å². The first-order valence-electron chi connectivity index (χ1n) is 6.43. The molecule has 1 aromatic carbocycles. The summed E-state index contributed by atoms with van der Waals surface area (Å²) in [6.07, 6.45) is 1.14. The highest BCUT2D eigenvalue weighted by Crippen LogP contribution is 2.33. The molecule has 106 valence electrons. The van der Waals surface area contributed by atoms with E-state index in [-0.39, 0.29) is 5.75 Å². The summed E-state index contributed by atoms with van der Waals surface area (Å²) in [5, 5.41) is 0. The second kappa shape index (κ2) is 6.16. The van der Waals surface area contributed by atoms with Gasteiger partial charge in [0.05, 0.1) is 0 Å². The van der Waals surface area contributed by atoms with Crippen molar-refractivity contribution < 1.29 is 17.9 Å². The molecule has 0 N–H and O–H groups in total. The highest BCUT2D eigenvalue weighted by molar-refractivity contribution is 9.09. The molecule has 1 nitrogen and oxygen atoms in total. The molecule has 0 radical (unpaired) electrons.